The molecule has 2 rings (SSSR count). The van der Waals surface area contributed by atoms with Gasteiger partial charge in [0.2, 0.25) is 5.91 Å². The molecule has 21 heavy (non-hydrogen) atoms. The monoisotopic (exact) mass is 290 g/mol. The summed E-state index contributed by atoms with van der Waals surface area (Å²) in [4.78, 5) is 14.1. The second-order valence-electron chi connectivity index (χ2n) is 6.10. The van der Waals surface area contributed by atoms with E-state index >= 15 is 0 Å². The van der Waals surface area contributed by atoms with Gasteiger partial charge in [0, 0.05) is 31.9 Å². The molecule has 0 bridgehead atoms. The van der Waals surface area contributed by atoms with Crippen LogP contribution in [-0.4, -0.2) is 38.1 Å². The lowest BCUT2D eigenvalue weighted by atomic mass is 9.97. The van der Waals surface area contributed by atoms with Crippen LogP contribution in [0.25, 0.3) is 0 Å². The fourth-order valence-corrected chi connectivity index (χ4v) is 2.65. The van der Waals surface area contributed by atoms with Gasteiger partial charge in [-0.25, -0.2) is 0 Å². The number of hydrogen-bond acceptors (Lipinski definition) is 3. The van der Waals surface area contributed by atoms with Gasteiger partial charge >= 0.3 is 0 Å². The highest BCUT2D eigenvalue weighted by Crippen LogP contribution is 2.19. The van der Waals surface area contributed by atoms with Gasteiger partial charge in [-0.3, -0.25) is 4.79 Å². The fraction of sp³-hybridized carbons (Fsp3) is 0.588. The van der Waals surface area contributed by atoms with Crippen LogP contribution >= 0.6 is 0 Å². The normalized spacial score (nSPS) is 18.7. The van der Waals surface area contributed by atoms with E-state index in [0.29, 0.717) is 12.3 Å². The van der Waals surface area contributed by atoms with Crippen molar-refractivity contribution >= 4 is 11.6 Å². The van der Waals surface area contributed by atoms with Gasteiger partial charge in [0.1, 0.15) is 0 Å². The van der Waals surface area contributed by atoms with Crippen molar-refractivity contribution in [1.29, 1.82) is 0 Å². The summed E-state index contributed by atoms with van der Waals surface area (Å²) in [6.07, 6.45) is 3.81. The van der Waals surface area contributed by atoms with E-state index in [1.165, 1.54) is 12.0 Å². The number of hydrogen-bond donors (Lipinski definition) is 1. The Morgan fingerprint density at radius 2 is 2.10 bits per heavy atom. The van der Waals surface area contributed by atoms with E-state index in [4.69, 9.17) is 4.74 Å². The molecule has 1 unspecified atom stereocenters. The van der Waals surface area contributed by atoms with Crippen LogP contribution in [0, 0.1) is 5.92 Å². The number of carbonyl (C=O) groups excluding carboxylic acids is 1. The summed E-state index contributed by atoms with van der Waals surface area (Å²) in [5.74, 6) is 0.646. The molecule has 1 amide bonds. The maximum Gasteiger partial charge on any atom is 0.224 e. The highest BCUT2D eigenvalue weighted by molar-refractivity contribution is 5.90. The maximum absolute atomic E-state index is 12.0. The quantitative estimate of drug-likeness (QED) is 0.876. The number of nitrogens with one attached hydrogen (secondary N) is 1. The van der Waals surface area contributed by atoms with Crippen LogP contribution in [-0.2, 0) is 16.1 Å². The first-order chi connectivity index (χ1) is 10.1. The van der Waals surface area contributed by atoms with Crippen molar-refractivity contribution in [2.75, 3.05) is 32.6 Å². The molecule has 116 valence electrons. The molecule has 1 aromatic carbocycles. The minimum absolute atomic E-state index is 0.0981. The molecule has 4 heteroatoms. The summed E-state index contributed by atoms with van der Waals surface area (Å²) >= 11 is 0. The van der Waals surface area contributed by atoms with Gasteiger partial charge in [-0.05, 0) is 57.0 Å². The van der Waals surface area contributed by atoms with Crippen LogP contribution in [0.5, 0.6) is 0 Å². The van der Waals surface area contributed by atoms with E-state index in [0.717, 1.165) is 38.3 Å². The molecular weight excluding hydrogens is 264 g/mol. The smallest absolute Gasteiger partial charge is 0.224 e. The van der Waals surface area contributed by atoms with E-state index in [2.05, 4.69) is 22.3 Å². The van der Waals surface area contributed by atoms with Crippen molar-refractivity contribution in [3.8, 4) is 0 Å². The maximum atomic E-state index is 12.0. The Balaban J connectivity index is 1.74. The second kappa shape index (κ2) is 8.15. The van der Waals surface area contributed by atoms with Gasteiger partial charge in [0.05, 0.1) is 0 Å². The topological polar surface area (TPSA) is 41.6 Å². The van der Waals surface area contributed by atoms with Crippen molar-refractivity contribution in [2.45, 2.75) is 32.2 Å². The first kappa shape index (κ1) is 16.0. The summed E-state index contributed by atoms with van der Waals surface area (Å²) < 4.78 is 5.44. The molecular formula is C17H26N2O2. The van der Waals surface area contributed by atoms with Gasteiger partial charge < -0.3 is 15.0 Å². The Kier molecular flexibility index (Phi) is 6.21. The van der Waals surface area contributed by atoms with E-state index in [-0.39, 0.29) is 5.91 Å². The molecule has 1 aromatic rings. The Morgan fingerprint density at radius 3 is 2.71 bits per heavy atom. The molecule has 1 heterocycles. The van der Waals surface area contributed by atoms with E-state index < -0.39 is 0 Å². The van der Waals surface area contributed by atoms with Gasteiger partial charge in [0.25, 0.3) is 0 Å². The number of benzene rings is 1. The Hall–Kier alpha value is -1.39. The molecule has 1 aliphatic heterocycles. The predicted molar refractivity (Wildman–Crippen MR) is 85.2 cm³/mol. The molecule has 0 aliphatic carbocycles. The van der Waals surface area contributed by atoms with Crippen LogP contribution in [0.4, 0.5) is 5.69 Å². The van der Waals surface area contributed by atoms with Crippen LogP contribution in [0.15, 0.2) is 24.3 Å². The third kappa shape index (κ3) is 5.86. The number of rotatable bonds is 6. The molecule has 1 aliphatic rings. The third-order valence-corrected chi connectivity index (χ3v) is 3.77. The Labute approximate surface area is 127 Å². The first-order valence-corrected chi connectivity index (χ1v) is 7.75. The van der Waals surface area contributed by atoms with Crippen LogP contribution < -0.4 is 5.32 Å². The molecule has 1 atom stereocenters. The fourth-order valence-electron chi connectivity index (χ4n) is 2.65. The molecule has 1 fully saturated rings. The standard InChI is InChI=1S/C17H26N2O2/c1-19(2)12-14-5-8-16(9-6-14)18-17(20)10-7-15-4-3-11-21-13-15/h5-6,8-9,15H,3-4,7,10-13H2,1-2H3,(H,18,20). The van der Waals surface area contributed by atoms with Gasteiger partial charge in [0.15, 0.2) is 0 Å². The first-order valence-electron chi connectivity index (χ1n) is 7.75. The summed E-state index contributed by atoms with van der Waals surface area (Å²) in [6, 6.07) is 8.07. The summed E-state index contributed by atoms with van der Waals surface area (Å²) in [6.45, 7) is 2.60. The molecule has 0 aromatic heterocycles. The highest BCUT2D eigenvalue weighted by Gasteiger charge is 2.15. The van der Waals surface area contributed by atoms with Crippen molar-refractivity contribution < 1.29 is 9.53 Å². The number of ether oxygens (including phenoxy) is 1. The molecule has 1 saturated heterocycles. The van der Waals surface area contributed by atoms with E-state index in [1.807, 2.05) is 26.2 Å². The average molecular weight is 290 g/mol. The van der Waals surface area contributed by atoms with Crippen molar-refractivity contribution in [3.63, 3.8) is 0 Å². The number of amides is 1. The zero-order chi connectivity index (χ0) is 15.1. The van der Waals surface area contributed by atoms with Crippen molar-refractivity contribution in [2.24, 2.45) is 5.92 Å². The van der Waals surface area contributed by atoms with Gasteiger partial charge in [-0.2, -0.15) is 0 Å². The van der Waals surface area contributed by atoms with Crippen LogP contribution in [0.3, 0.4) is 0 Å². The van der Waals surface area contributed by atoms with Crippen molar-refractivity contribution in [3.05, 3.63) is 29.8 Å². The van der Waals surface area contributed by atoms with Gasteiger partial charge in [-0.15, -0.1) is 0 Å². The molecule has 0 saturated carbocycles. The zero-order valence-electron chi connectivity index (χ0n) is 13.1. The zero-order valence-corrected chi connectivity index (χ0v) is 13.1. The Bertz CT molecular complexity index is 437. The molecule has 4 nitrogen and oxygen atoms in total. The molecule has 0 spiro atoms. The second-order valence-corrected chi connectivity index (χ2v) is 6.10. The molecule has 0 radical (unpaired) electrons. The number of nitrogens with zero attached hydrogens (tertiary/aromatic N) is 1. The minimum atomic E-state index is 0.0981. The summed E-state index contributed by atoms with van der Waals surface area (Å²) in [7, 11) is 4.09. The SMILES string of the molecule is CN(C)Cc1ccc(NC(=O)CCC2CCCOC2)cc1. The lowest BCUT2D eigenvalue weighted by Crippen LogP contribution is -2.20. The van der Waals surface area contributed by atoms with Crippen LogP contribution in [0.1, 0.15) is 31.2 Å². The van der Waals surface area contributed by atoms with E-state index in [9.17, 15) is 4.79 Å². The predicted octanol–water partition coefficient (Wildman–Crippen LogP) is 2.89. The van der Waals surface area contributed by atoms with Crippen molar-refractivity contribution in [1.82, 2.24) is 4.90 Å². The van der Waals surface area contributed by atoms with E-state index in [1.54, 1.807) is 0 Å². The largest absolute Gasteiger partial charge is 0.381 e. The molecule has 1 N–H and O–H groups in total. The average Bonchev–Trinajstić information content (AvgIpc) is 2.48. The van der Waals surface area contributed by atoms with Gasteiger partial charge in [-0.1, -0.05) is 12.1 Å². The highest BCUT2D eigenvalue weighted by atomic mass is 16.5. The lowest BCUT2D eigenvalue weighted by molar-refractivity contribution is -0.116. The summed E-state index contributed by atoms with van der Waals surface area (Å²) in [5, 5.41) is 2.97. The number of anilines is 1. The number of carbonyl (C=O) groups is 1. The Morgan fingerprint density at radius 1 is 1.33 bits per heavy atom. The summed E-state index contributed by atoms with van der Waals surface area (Å²) in [5.41, 5.74) is 2.12. The lowest BCUT2D eigenvalue weighted by Gasteiger charge is -2.21. The van der Waals surface area contributed by atoms with Crippen LogP contribution in [0.2, 0.25) is 0 Å². The third-order valence-electron chi connectivity index (χ3n) is 3.77. The minimum Gasteiger partial charge on any atom is -0.381 e.